The highest BCUT2D eigenvalue weighted by Gasteiger charge is 2.31. The lowest BCUT2D eigenvalue weighted by atomic mass is 9.93. The van der Waals surface area contributed by atoms with Gasteiger partial charge in [-0.2, -0.15) is 0 Å². The lowest BCUT2D eigenvalue weighted by Gasteiger charge is -2.34. The third kappa shape index (κ3) is 4.64. The van der Waals surface area contributed by atoms with Gasteiger partial charge in [0.1, 0.15) is 5.75 Å². The summed E-state index contributed by atoms with van der Waals surface area (Å²) in [6.07, 6.45) is 7.51. The van der Waals surface area contributed by atoms with E-state index in [1.807, 2.05) is 36.4 Å². The van der Waals surface area contributed by atoms with E-state index in [0.29, 0.717) is 19.1 Å². The first-order valence-corrected chi connectivity index (χ1v) is 9.28. The molecule has 1 aliphatic carbocycles. The van der Waals surface area contributed by atoms with E-state index >= 15 is 0 Å². The number of para-hydroxylation sites is 1. The number of carbonyl (C=O) groups is 2. The van der Waals surface area contributed by atoms with E-state index in [0.717, 1.165) is 30.7 Å². The first kappa shape index (κ1) is 18.5. The van der Waals surface area contributed by atoms with E-state index in [9.17, 15) is 9.59 Å². The van der Waals surface area contributed by atoms with Crippen LogP contribution >= 0.6 is 0 Å². The zero-order valence-electron chi connectivity index (χ0n) is 15.2. The number of carbonyl (C=O) groups excluding carboxylic acids is 2. The number of rotatable bonds is 7. The van der Waals surface area contributed by atoms with Crippen LogP contribution in [0.5, 0.6) is 5.75 Å². The fraction of sp³-hybridized carbons (Fsp3) is 0.500. The molecule has 1 saturated heterocycles. The maximum absolute atomic E-state index is 12.3. The van der Waals surface area contributed by atoms with Crippen LogP contribution in [0.25, 0.3) is 6.08 Å². The summed E-state index contributed by atoms with van der Waals surface area (Å²) in [7, 11) is 1.65. The van der Waals surface area contributed by atoms with E-state index in [-0.39, 0.29) is 18.2 Å². The summed E-state index contributed by atoms with van der Waals surface area (Å²) in [5.41, 5.74) is 0.996. The maximum Gasteiger partial charge on any atom is 0.237 e. The Labute approximate surface area is 154 Å². The summed E-state index contributed by atoms with van der Waals surface area (Å²) in [6.45, 7) is 1.97. The summed E-state index contributed by atoms with van der Waals surface area (Å²) < 4.78 is 5.35. The van der Waals surface area contributed by atoms with Gasteiger partial charge in [0.2, 0.25) is 11.8 Å². The second kappa shape index (κ2) is 8.85. The molecule has 1 unspecified atom stereocenters. The highest BCUT2D eigenvalue weighted by molar-refractivity contribution is 5.89. The van der Waals surface area contributed by atoms with Crippen molar-refractivity contribution in [1.29, 1.82) is 0 Å². The molecule has 0 aromatic heterocycles. The zero-order chi connectivity index (χ0) is 18.4. The molecule has 1 saturated carbocycles. The van der Waals surface area contributed by atoms with Gasteiger partial charge in [-0.3, -0.25) is 14.5 Å². The molecule has 26 heavy (non-hydrogen) atoms. The van der Waals surface area contributed by atoms with Crippen molar-refractivity contribution in [1.82, 2.24) is 15.5 Å². The predicted molar refractivity (Wildman–Crippen MR) is 101 cm³/mol. The first-order valence-electron chi connectivity index (χ1n) is 9.28. The van der Waals surface area contributed by atoms with Crippen molar-refractivity contribution in [2.45, 2.75) is 37.8 Å². The lowest BCUT2D eigenvalue weighted by molar-refractivity contribution is -0.134. The molecule has 2 amide bonds. The standard InChI is InChI=1S/C20H27N3O3/c1-26-18-10-3-2-6-15(18)7-5-12-23-13-11-21-20(25)17(23)14-19(24)22-16-8-4-9-16/h2-3,5-7,10,16-17H,4,8-9,11-14H2,1H3,(H,21,25)(H,22,24)/b7-5+. The summed E-state index contributed by atoms with van der Waals surface area (Å²) in [5.74, 6) is 0.720. The SMILES string of the molecule is COc1ccccc1/C=C/CN1CCNC(=O)C1CC(=O)NC1CCC1. The van der Waals surface area contributed by atoms with E-state index in [2.05, 4.69) is 15.5 Å². The number of hydrogen-bond acceptors (Lipinski definition) is 4. The smallest absolute Gasteiger partial charge is 0.237 e. The Balaban J connectivity index is 1.59. The van der Waals surface area contributed by atoms with Gasteiger partial charge in [0, 0.05) is 31.2 Å². The van der Waals surface area contributed by atoms with Crippen LogP contribution in [0.4, 0.5) is 0 Å². The number of piperazine rings is 1. The molecule has 3 rings (SSSR count). The normalized spacial score (nSPS) is 21.3. The monoisotopic (exact) mass is 357 g/mol. The van der Waals surface area contributed by atoms with Crippen molar-refractivity contribution >= 4 is 17.9 Å². The Hall–Kier alpha value is -2.34. The summed E-state index contributed by atoms with van der Waals surface area (Å²) >= 11 is 0. The van der Waals surface area contributed by atoms with Crippen LogP contribution < -0.4 is 15.4 Å². The number of nitrogens with one attached hydrogen (secondary N) is 2. The largest absolute Gasteiger partial charge is 0.496 e. The van der Waals surface area contributed by atoms with Crippen molar-refractivity contribution in [2.24, 2.45) is 0 Å². The van der Waals surface area contributed by atoms with Crippen molar-refractivity contribution in [3.63, 3.8) is 0 Å². The Morgan fingerprint density at radius 1 is 1.38 bits per heavy atom. The minimum absolute atomic E-state index is 0.0320. The zero-order valence-corrected chi connectivity index (χ0v) is 15.2. The predicted octanol–water partition coefficient (Wildman–Crippen LogP) is 1.57. The van der Waals surface area contributed by atoms with Crippen molar-refractivity contribution in [2.75, 3.05) is 26.7 Å². The van der Waals surface area contributed by atoms with Crippen LogP contribution in [-0.2, 0) is 9.59 Å². The summed E-state index contributed by atoms with van der Waals surface area (Å²) in [4.78, 5) is 26.6. The second-order valence-electron chi connectivity index (χ2n) is 6.85. The maximum atomic E-state index is 12.3. The molecule has 2 aliphatic rings. The van der Waals surface area contributed by atoms with E-state index in [4.69, 9.17) is 4.74 Å². The molecule has 1 atom stereocenters. The van der Waals surface area contributed by atoms with Gasteiger partial charge in [-0.15, -0.1) is 0 Å². The third-order valence-electron chi connectivity index (χ3n) is 5.07. The van der Waals surface area contributed by atoms with E-state index in [1.54, 1.807) is 7.11 Å². The topological polar surface area (TPSA) is 70.7 Å². The van der Waals surface area contributed by atoms with E-state index in [1.165, 1.54) is 6.42 Å². The molecule has 2 fully saturated rings. The fourth-order valence-electron chi connectivity index (χ4n) is 3.34. The Bertz CT molecular complexity index is 670. The minimum Gasteiger partial charge on any atom is -0.496 e. The van der Waals surface area contributed by atoms with Crippen LogP contribution in [0.3, 0.4) is 0 Å². The fourth-order valence-corrected chi connectivity index (χ4v) is 3.34. The van der Waals surface area contributed by atoms with Gasteiger partial charge in [-0.05, 0) is 25.3 Å². The molecule has 1 aromatic carbocycles. The van der Waals surface area contributed by atoms with Crippen LogP contribution in [0.1, 0.15) is 31.2 Å². The van der Waals surface area contributed by atoms with E-state index < -0.39 is 6.04 Å². The average molecular weight is 357 g/mol. The first-order chi connectivity index (χ1) is 12.7. The van der Waals surface area contributed by atoms with Crippen molar-refractivity contribution < 1.29 is 14.3 Å². The molecule has 2 N–H and O–H groups in total. The Morgan fingerprint density at radius 3 is 2.92 bits per heavy atom. The molecule has 140 valence electrons. The molecule has 0 spiro atoms. The van der Waals surface area contributed by atoms with Crippen molar-refractivity contribution in [3.8, 4) is 5.75 Å². The van der Waals surface area contributed by atoms with Crippen LogP contribution in [0, 0.1) is 0 Å². The van der Waals surface area contributed by atoms with Crippen molar-refractivity contribution in [3.05, 3.63) is 35.9 Å². The summed E-state index contributed by atoms with van der Waals surface area (Å²) in [5, 5.41) is 5.89. The minimum atomic E-state index is -0.411. The van der Waals surface area contributed by atoms with Gasteiger partial charge in [0.15, 0.2) is 0 Å². The molecule has 1 heterocycles. The van der Waals surface area contributed by atoms with Gasteiger partial charge in [-0.25, -0.2) is 0 Å². The van der Waals surface area contributed by atoms with Gasteiger partial charge in [-0.1, -0.05) is 30.4 Å². The number of amides is 2. The molecular formula is C20H27N3O3. The van der Waals surface area contributed by atoms with Gasteiger partial charge in [0.05, 0.1) is 19.6 Å². The van der Waals surface area contributed by atoms with Gasteiger partial charge >= 0.3 is 0 Å². The quantitative estimate of drug-likeness (QED) is 0.777. The highest BCUT2D eigenvalue weighted by atomic mass is 16.5. The second-order valence-corrected chi connectivity index (χ2v) is 6.85. The number of benzene rings is 1. The molecule has 6 nitrogen and oxygen atoms in total. The molecule has 1 aliphatic heterocycles. The van der Waals surface area contributed by atoms with Crippen LogP contribution in [-0.4, -0.2) is 55.5 Å². The number of nitrogens with zero attached hydrogens (tertiary/aromatic N) is 1. The highest BCUT2D eigenvalue weighted by Crippen LogP contribution is 2.20. The molecule has 0 bridgehead atoms. The Morgan fingerprint density at radius 2 is 2.19 bits per heavy atom. The molecule has 6 heteroatoms. The molecular weight excluding hydrogens is 330 g/mol. The number of hydrogen-bond donors (Lipinski definition) is 2. The van der Waals surface area contributed by atoms with Gasteiger partial charge < -0.3 is 15.4 Å². The summed E-state index contributed by atoms with van der Waals surface area (Å²) in [6, 6.07) is 7.69. The van der Waals surface area contributed by atoms with Crippen LogP contribution in [0.2, 0.25) is 0 Å². The van der Waals surface area contributed by atoms with Gasteiger partial charge in [0.25, 0.3) is 0 Å². The lowest BCUT2D eigenvalue weighted by Crippen LogP contribution is -2.57. The Kier molecular flexibility index (Phi) is 6.28. The van der Waals surface area contributed by atoms with Crippen LogP contribution in [0.15, 0.2) is 30.3 Å². The third-order valence-corrected chi connectivity index (χ3v) is 5.07. The average Bonchev–Trinajstić information content (AvgIpc) is 2.61. The number of methoxy groups -OCH3 is 1. The molecule has 1 aromatic rings. The molecule has 0 radical (unpaired) electrons. The number of ether oxygens (including phenoxy) is 1.